The molecule has 0 aliphatic heterocycles. The van der Waals surface area contributed by atoms with Crippen molar-refractivity contribution in [3.8, 4) is 5.69 Å². The monoisotopic (exact) mass is 466 g/mol. The molecule has 1 heterocycles. The molecule has 0 unspecified atom stereocenters. The summed E-state index contributed by atoms with van der Waals surface area (Å²) in [4.78, 5) is 38.7. The highest BCUT2D eigenvalue weighted by Gasteiger charge is 2.33. The van der Waals surface area contributed by atoms with Crippen LogP contribution in [-0.2, 0) is 12.7 Å². The Kier molecular flexibility index (Phi) is 6.00. The molecule has 3 aromatic carbocycles. The van der Waals surface area contributed by atoms with Crippen molar-refractivity contribution in [2.24, 2.45) is 0 Å². The van der Waals surface area contributed by atoms with Crippen LogP contribution in [0.5, 0.6) is 0 Å². The number of halogens is 3. The van der Waals surface area contributed by atoms with Gasteiger partial charge in [-0.2, -0.15) is 13.2 Å². The lowest BCUT2D eigenvalue weighted by Crippen LogP contribution is -2.39. The molecule has 0 amide bonds. The van der Waals surface area contributed by atoms with E-state index in [4.69, 9.17) is 0 Å². The Morgan fingerprint density at radius 1 is 0.912 bits per heavy atom. The first-order valence-electron chi connectivity index (χ1n) is 10.7. The van der Waals surface area contributed by atoms with Gasteiger partial charge in [0.05, 0.1) is 28.7 Å². The number of hydrogen-bond donors (Lipinski definition) is 0. The number of hydrogen-bond acceptors (Lipinski definition) is 3. The van der Waals surface area contributed by atoms with E-state index in [0.29, 0.717) is 23.1 Å². The van der Waals surface area contributed by atoms with Gasteiger partial charge in [0.15, 0.2) is 5.78 Å². The summed E-state index contributed by atoms with van der Waals surface area (Å²) in [6.07, 6.45) is -4.26. The predicted molar refractivity (Wildman–Crippen MR) is 124 cm³/mol. The molecular formula is C26H21F3N2O3. The third kappa shape index (κ3) is 4.07. The van der Waals surface area contributed by atoms with Gasteiger partial charge < -0.3 is 0 Å². The van der Waals surface area contributed by atoms with Crippen LogP contribution >= 0.6 is 0 Å². The summed E-state index contributed by atoms with van der Waals surface area (Å²) in [6.45, 7) is 3.08. The van der Waals surface area contributed by atoms with Crippen LogP contribution in [0.4, 0.5) is 13.2 Å². The van der Waals surface area contributed by atoms with Crippen molar-refractivity contribution in [2.45, 2.75) is 33.0 Å². The third-order valence-corrected chi connectivity index (χ3v) is 5.84. The van der Waals surface area contributed by atoms with Crippen LogP contribution in [0.2, 0.25) is 0 Å². The highest BCUT2D eigenvalue weighted by molar-refractivity contribution is 5.95. The Hall–Kier alpha value is -3.94. The molecule has 8 heteroatoms. The van der Waals surface area contributed by atoms with Gasteiger partial charge in [-0.1, -0.05) is 49.4 Å². The third-order valence-electron chi connectivity index (χ3n) is 5.84. The fourth-order valence-corrected chi connectivity index (χ4v) is 4.04. The first-order chi connectivity index (χ1) is 16.1. The molecule has 4 aromatic rings. The second-order valence-electron chi connectivity index (χ2n) is 7.95. The number of carbonyl (C=O) groups is 1. The molecular weight excluding hydrogens is 445 g/mol. The lowest BCUT2D eigenvalue weighted by molar-refractivity contribution is -0.138. The zero-order valence-electron chi connectivity index (χ0n) is 18.5. The van der Waals surface area contributed by atoms with Crippen molar-refractivity contribution >= 4 is 16.7 Å². The van der Waals surface area contributed by atoms with E-state index >= 15 is 0 Å². The first kappa shape index (κ1) is 23.2. The van der Waals surface area contributed by atoms with Gasteiger partial charge >= 0.3 is 11.9 Å². The molecule has 0 radical (unpaired) electrons. The number of nitrogens with zero attached hydrogens (tertiary/aromatic N) is 2. The molecule has 0 saturated carbocycles. The summed E-state index contributed by atoms with van der Waals surface area (Å²) < 4.78 is 42.6. The highest BCUT2D eigenvalue weighted by Crippen LogP contribution is 2.33. The van der Waals surface area contributed by atoms with E-state index in [0.717, 1.165) is 10.6 Å². The predicted octanol–water partition coefficient (Wildman–Crippen LogP) is 5.12. The van der Waals surface area contributed by atoms with Gasteiger partial charge in [0.1, 0.15) is 0 Å². The fourth-order valence-electron chi connectivity index (χ4n) is 4.04. The summed E-state index contributed by atoms with van der Waals surface area (Å²) in [6, 6.07) is 16.7. The molecule has 1 aromatic heterocycles. The van der Waals surface area contributed by atoms with Gasteiger partial charge in [-0.05, 0) is 42.3 Å². The van der Waals surface area contributed by atoms with Crippen molar-refractivity contribution in [2.75, 3.05) is 0 Å². The summed E-state index contributed by atoms with van der Waals surface area (Å²) >= 11 is 0. The van der Waals surface area contributed by atoms with E-state index < -0.39 is 23.0 Å². The lowest BCUT2D eigenvalue weighted by atomic mass is 10.1. The van der Waals surface area contributed by atoms with Gasteiger partial charge in [0.2, 0.25) is 0 Å². The number of fused-ring (bicyclic) bond motifs is 1. The molecule has 0 spiro atoms. The Morgan fingerprint density at radius 2 is 1.59 bits per heavy atom. The smallest absolute Gasteiger partial charge is 0.294 e. The minimum Gasteiger partial charge on any atom is -0.294 e. The highest BCUT2D eigenvalue weighted by atomic mass is 19.4. The van der Waals surface area contributed by atoms with Gasteiger partial charge in [0, 0.05) is 12.0 Å². The van der Waals surface area contributed by atoms with E-state index in [-0.39, 0.29) is 29.0 Å². The Bertz CT molecular complexity index is 1510. The molecule has 0 fully saturated rings. The van der Waals surface area contributed by atoms with E-state index in [1.165, 1.54) is 29.7 Å². The first-order valence-corrected chi connectivity index (χ1v) is 10.7. The van der Waals surface area contributed by atoms with Crippen molar-refractivity contribution < 1.29 is 18.0 Å². The maximum absolute atomic E-state index is 13.5. The second-order valence-corrected chi connectivity index (χ2v) is 7.95. The molecule has 0 saturated heterocycles. The molecule has 4 rings (SSSR count). The van der Waals surface area contributed by atoms with Gasteiger partial charge in [-0.3, -0.25) is 14.2 Å². The molecule has 0 N–H and O–H groups in total. The molecule has 34 heavy (non-hydrogen) atoms. The minimum atomic E-state index is -4.63. The summed E-state index contributed by atoms with van der Waals surface area (Å²) in [5, 5.41) is 0.205. The molecule has 0 aliphatic carbocycles. The van der Waals surface area contributed by atoms with Crippen LogP contribution in [-0.4, -0.2) is 14.9 Å². The minimum absolute atomic E-state index is 0.0114. The van der Waals surface area contributed by atoms with Crippen molar-refractivity contribution in [3.05, 3.63) is 110 Å². The zero-order valence-corrected chi connectivity index (χ0v) is 18.5. The van der Waals surface area contributed by atoms with Crippen LogP contribution in [0.15, 0.2) is 76.3 Å². The van der Waals surface area contributed by atoms with Gasteiger partial charge in [-0.15, -0.1) is 0 Å². The number of rotatable bonds is 5. The molecule has 5 nitrogen and oxygen atoms in total. The average molecular weight is 466 g/mol. The Morgan fingerprint density at radius 3 is 2.24 bits per heavy atom. The second kappa shape index (κ2) is 8.78. The number of benzene rings is 3. The largest absolute Gasteiger partial charge is 0.416 e. The number of carbonyl (C=O) groups excluding carboxylic acids is 1. The van der Waals surface area contributed by atoms with E-state index in [9.17, 15) is 27.6 Å². The summed E-state index contributed by atoms with van der Waals surface area (Å²) in [5.74, 6) is -0.0114. The quantitative estimate of drug-likeness (QED) is 0.384. The zero-order chi connectivity index (χ0) is 24.6. The maximum Gasteiger partial charge on any atom is 0.416 e. The van der Waals surface area contributed by atoms with Crippen LogP contribution in [0.3, 0.4) is 0 Å². The number of para-hydroxylation sites is 1. The van der Waals surface area contributed by atoms with Gasteiger partial charge in [0.25, 0.3) is 5.56 Å². The average Bonchev–Trinajstić information content (AvgIpc) is 2.82. The fraction of sp³-hybridized carbons (Fsp3) is 0.192. The standard InChI is InChI=1S/C26H21F3N2O3/c1-3-23(32)18-13-11-17(12-14-18)15-30-22-9-5-4-7-19(22)24(33)31(25(30)34)21-10-6-8-20(16(21)2)26(27,28)29/h4-14H,3,15H2,1-2H3. The molecule has 0 atom stereocenters. The molecule has 0 bridgehead atoms. The van der Waals surface area contributed by atoms with Crippen LogP contribution < -0.4 is 11.2 Å². The summed E-state index contributed by atoms with van der Waals surface area (Å²) in [7, 11) is 0. The Balaban J connectivity index is 1.95. The van der Waals surface area contributed by atoms with Crippen molar-refractivity contribution in [1.29, 1.82) is 0 Å². The molecule has 174 valence electrons. The van der Waals surface area contributed by atoms with E-state index in [2.05, 4.69) is 0 Å². The maximum atomic E-state index is 13.5. The normalized spacial score (nSPS) is 11.7. The van der Waals surface area contributed by atoms with Gasteiger partial charge in [-0.25, -0.2) is 9.36 Å². The molecule has 0 aliphatic rings. The number of ketones is 1. The Labute approximate surface area is 192 Å². The SMILES string of the molecule is CCC(=O)c1ccc(Cn2c(=O)n(-c3cccc(C(F)(F)F)c3C)c(=O)c3ccccc32)cc1. The van der Waals surface area contributed by atoms with Crippen LogP contribution in [0, 0.1) is 6.92 Å². The summed E-state index contributed by atoms with van der Waals surface area (Å²) in [5.41, 5.74) is -1.06. The van der Waals surface area contributed by atoms with Crippen LogP contribution in [0.25, 0.3) is 16.6 Å². The number of Topliss-reactive ketones (excluding diaryl/α,β-unsaturated/α-hetero) is 1. The van der Waals surface area contributed by atoms with Crippen molar-refractivity contribution in [3.63, 3.8) is 0 Å². The van der Waals surface area contributed by atoms with E-state index in [1.54, 1.807) is 49.4 Å². The topological polar surface area (TPSA) is 61.1 Å². The van der Waals surface area contributed by atoms with Crippen molar-refractivity contribution in [1.82, 2.24) is 9.13 Å². The number of alkyl halides is 3. The number of aromatic nitrogens is 2. The lowest BCUT2D eigenvalue weighted by Gasteiger charge is -2.18. The van der Waals surface area contributed by atoms with Crippen LogP contribution in [0.1, 0.15) is 40.4 Å². The van der Waals surface area contributed by atoms with E-state index in [1.807, 2.05) is 0 Å².